The van der Waals surface area contributed by atoms with Crippen molar-refractivity contribution in [3.63, 3.8) is 0 Å². The van der Waals surface area contributed by atoms with Gasteiger partial charge in [0.1, 0.15) is 5.82 Å². The van der Waals surface area contributed by atoms with Crippen LogP contribution in [0.15, 0.2) is 28.8 Å². The molecular weight excluding hydrogens is 321 g/mol. The summed E-state index contributed by atoms with van der Waals surface area (Å²) in [6, 6.07) is 6.13. The lowest BCUT2D eigenvalue weighted by Gasteiger charge is -2.33. The van der Waals surface area contributed by atoms with Gasteiger partial charge in [-0.15, -0.1) is 0 Å². The van der Waals surface area contributed by atoms with E-state index in [0.29, 0.717) is 30.2 Å². The Balaban J connectivity index is 1.71. The smallest absolute Gasteiger partial charge is 0.231 e. The average molecular weight is 345 g/mol. The van der Waals surface area contributed by atoms with E-state index in [-0.39, 0.29) is 23.1 Å². The second kappa shape index (κ2) is 6.94. The van der Waals surface area contributed by atoms with Gasteiger partial charge >= 0.3 is 0 Å². The largest absolute Gasteiger partial charge is 0.342 e. The van der Waals surface area contributed by atoms with E-state index < -0.39 is 0 Å². The normalized spacial score (nSPS) is 18.4. The van der Waals surface area contributed by atoms with Crippen molar-refractivity contribution in [1.29, 1.82) is 0 Å². The van der Waals surface area contributed by atoms with Crippen LogP contribution in [0.5, 0.6) is 0 Å². The predicted octanol–water partition coefficient (Wildman–Crippen LogP) is 4.02. The van der Waals surface area contributed by atoms with E-state index in [1.54, 1.807) is 12.1 Å². The van der Waals surface area contributed by atoms with Crippen LogP contribution >= 0.6 is 0 Å². The van der Waals surface area contributed by atoms with Crippen LogP contribution in [0.4, 0.5) is 4.39 Å². The number of halogens is 1. The maximum Gasteiger partial charge on any atom is 0.231 e. The third-order valence-electron chi connectivity index (χ3n) is 4.33. The summed E-state index contributed by atoms with van der Waals surface area (Å²) in [5, 5.41) is 3.98. The Hall–Kier alpha value is -2.24. The highest BCUT2D eigenvalue weighted by atomic mass is 19.1. The summed E-state index contributed by atoms with van der Waals surface area (Å²) < 4.78 is 18.8. The lowest BCUT2D eigenvalue weighted by atomic mass is 9.90. The molecule has 6 heteroatoms. The molecular formula is C19H24FN3O2. The van der Waals surface area contributed by atoms with Crippen molar-refractivity contribution in [2.75, 3.05) is 13.1 Å². The highest BCUT2D eigenvalue weighted by molar-refractivity contribution is 5.77. The molecule has 0 bridgehead atoms. The fourth-order valence-electron chi connectivity index (χ4n) is 3.12. The Morgan fingerprint density at radius 3 is 2.92 bits per heavy atom. The Morgan fingerprint density at radius 1 is 1.40 bits per heavy atom. The number of rotatable bonds is 3. The van der Waals surface area contributed by atoms with Gasteiger partial charge in [0.15, 0.2) is 0 Å². The first-order valence-corrected chi connectivity index (χ1v) is 8.69. The number of hydrogen-bond donors (Lipinski definition) is 0. The molecule has 1 saturated heterocycles. The Morgan fingerprint density at radius 2 is 2.20 bits per heavy atom. The highest BCUT2D eigenvalue weighted by Gasteiger charge is 2.30. The maximum absolute atomic E-state index is 13.4. The number of benzene rings is 1. The van der Waals surface area contributed by atoms with Gasteiger partial charge in [-0.25, -0.2) is 4.39 Å². The minimum atomic E-state index is -0.333. The van der Waals surface area contributed by atoms with Crippen LogP contribution in [0.1, 0.15) is 51.8 Å². The number of piperidine rings is 1. The van der Waals surface area contributed by atoms with Crippen molar-refractivity contribution in [2.45, 2.75) is 46.0 Å². The van der Waals surface area contributed by atoms with E-state index in [0.717, 1.165) is 19.4 Å². The van der Waals surface area contributed by atoms with Gasteiger partial charge in [-0.3, -0.25) is 4.79 Å². The van der Waals surface area contributed by atoms with E-state index in [1.807, 2.05) is 4.90 Å². The average Bonchev–Trinajstić information content (AvgIpc) is 3.03. The van der Waals surface area contributed by atoms with Crippen LogP contribution in [0.25, 0.3) is 11.4 Å². The molecule has 0 N–H and O–H groups in total. The summed E-state index contributed by atoms with van der Waals surface area (Å²) in [6.07, 6.45) is 2.35. The lowest BCUT2D eigenvalue weighted by Crippen LogP contribution is -2.40. The molecule has 0 aliphatic carbocycles. The first-order valence-electron chi connectivity index (χ1n) is 8.69. The fourth-order valence-corrected chi connectivity index (χ4v) is 3.12. The lowest BCUT2D eigenvalue weighted by molar-refractivity contribution is -0.134. The number of hydrogen-bond acceptors (Lipinski definition) is 4. The van der Waals surface area contributed by atoms with Gasteiger partial charge in [0.25, 0.3) is 0 Å². The van der Waals surface area contributed by atoms with E-state index in [9.17, 15) is 9.18 Å². The van der Waals surface area contributed by atoms with Crippen molar-refractivity contribution in [1.82, 2.24) is 15.0 Å². The molecule has 1 fully saturated rings. The van der Waals surface area contributed by atoms with Crippen LogP contribution in [0.2, 0.25) is 0 Å². The minimum Gasteiger partial charge on any atom is -0.342 e. The first-order chi connectivity index (χ1) is 11.8. The Kier molecular flexibility index (Phi) is 4.88. The predicted molar refractivity (Wildman–Crippen MR) is 92.3 cm³/mol. The number of carbonyl (C=O) groups excluding carboxylic acids is 1. The summed E-state index contributed by atoms with van der Waals surface area (Å²) in [5.41, 5.74) is 0.561. The van der Waals surface area contributed by atoms with E-state index >= 15 is 0 Å². The van der Waals surface area contributed by atoms with E-state index in [4.69, 9.17) is 4.52 Å². The summed E-state index contributed by atoms with van der Waals surface area (Å²) in [4.78, 5) is 18.8. The minimum absolute atomic E-state index is 0.0287. The number of amides is 1. The van der Waals surface area contributed by atoms with Crippen molar-refractivity contribution >= 4 is 5.91 Å². The second-order valence-electron chi connectivity index (χ2n) is 7.88. The van der Waals surface area contributed by atoms with Gasteiger partial charge < -0.3 is 9.42 Å². The molecule has 25 heavy (non-hydrogen) atoms. The highest BCUT2D eigenvalue weighted by Crippen LogP contribution is 2.29. The monoisotopic (exact) mass is 345 g/mol. The van der Waals surface area contributed by atoms with Crippen molar-refractivity contribution in [2.24, 2.45) is 5.41 Å². The zero-order valence-electron chi connectivity index (χ0n) is 15.0. The number of nitrogens with zero attached hydrogens (tertiary/aromatic N) is 3. The van der Waals surface area contributed by atoms with Crippen LogP contribution in [0.3, 0.4) is 0 Å². The molecule has 0 spiro atoms. The molecule has 0 unspecified atom stereocenters. The molecule has 3 rings (SSSR count). The fraction of sp³-hybridized carbons (Fsp3) is 0.526. The Bertz CT molecular complexity index is 751. The number of likely N-dealkylation sites (tertiary alicyclic amines) is 1. The zero-order valence-corrected chi connectivity index (χ0v) is 15.0. The topological polar surface area (TPSA) is 59.2 Å². The van der Waals surface area contributed by atoms with Gasteiger partial charge in [-0.05, 0) is 30.4 Å². The van der Waals surface area contributed by atoms with Crippen LogP contribution < -0.4 is 0 Å². The third-order valence-corrected chi connectivity index (χ3v) is 4.33. The maximum atomic E-state index is 13.4. The summed E-state index contributed by atoms with van der Waals surface area (Å²) in [5.74, 6) is 0.773. The molecule has 2 aromatic rings. The van der Waals surface area contributed by atoms with Crippen molar-refractivity contribution in [3.05, 3.63) is 36.0 Å². The first kappa shape index (κ1) is 17.6. The summed E-state index contributed by atoms with van der Waals surface area (Å²) in [6.45, 7) is 7.57. The Labute approximate surface area is 147 Å². The van der Waals surface area contributed by atoms with Gasteiger partial charge in [0.2, 0.25) is 17.6 Å². The zero-order chi connectivity index (χ0) is 18.0. The molecule has 134 valence electrons. The molecule has 0 saturated carbocycles. The third kappa shape index (κ3) is 4.44. The molecule has 0 radical (unpaired) electrons. The van der Waals surface area contributed by atoms with Gasteiger partial charge in [0.05, 0.1) is 5.92 Å². The van der Waals surface area contributed by atoms with E-state index in [1.165, 1.54) is 12.1 Å². The summed E-state index contributed by atoms with van der Waals surface area (Å²) in [7, 11) is 0. The van der Waals surface area contributed by atoms with Crippen LogP contribution in [0, 0.1) is 11.2 Å². The molecule has 1 aromatic carbocycles. The quantitative estimate of drug-likeness (QED) is 0.843. The molecule has 2 heterocycles. The molecule has 1 atom stereocenters. The molecule has 1 aliphatic rings. The van der Waals surface area contributed by atoms with Crippen molar-refractivity contribution < 1.29 is 13.7 Å². The van der Waals surface area contributed by atoms with Gasteiger partial charge in [0, 0.05) is 25.1 Å². The van der Waals surface area contributed by atoms with Crippen LogP contribution in [-0.2, 0) is 4.79 Å². The van der Waals surface area contributed by atoms with Gasteiger partial charge in [-0.1, -0.05) is 38.1 Å². The van der Waals surface area contributed by atoms with Crippen LogP contribution in [-0.4, -0.2) is 34.0 Å². The SMILES string of the molecule is CC(C)(C)CC(=O)N1CCC[C@@H](c2nc(-c3cccc(F)c3)no2)C1. The van der Waals surface area contributed by atoms with E-state index in [2.05, 4.69) is 30.9 Å². The molecule has 1 amide bonds. The number of carbonyl (C=O) groups is 1. The standard InChI is InChI=1S/C19H24FN3O2/c1-19(2,3)11-16(24)23-9-5-7-14(12-23)18-21-17(22-25-18)13-6-4-8-15(20)10-13/h4,6,8,10,14H,5,7,9,11-12H2,1-3H3/t14-/m1/s1. The molecule has 1 aromatic heterocycles. The van der Waals surface area contributed by atoms with Gasteiger partial charge in [-0.2, -0.15) is 4.98 Å². The second-order valence-corrected chi connectivity index (χ2v) is 7.88. The van der Waals surface area contributed by atoms with Crippen molar-refractivity contribution in [3.8, 4) is 11.4 Å². The molecule has 5 nitrogen and oxygen atoms in total. The number of aromatic nitrogens is 2. The molecule has 1 aliphatic heterocycles. The summed E-state index contributed by atoms with van der Waals surface area (Å²) >= 11 is 0.